The van der Waals surface area contributed by atoms with Gasteiger partial charge in [-0.05, 0) is 38.2 Å². The van der Waals surface area contributed by atoms with Gasteiger partial charge in [-0.2, -0.15) is 0 Å². The molecular formula is C15H17ClO4. The van der Waals surface area contributed by atoms with E-state index in [0.717, 1.165) is 19.3 Å². The van der Waals surface area contributed by atoms with E-state index in [1.54, 1.807) is 19.2 Å². The van der Waals surface area contributed by atoms with E-state index in [2.05, 4.69) is 0 Å². The van der Waals surface area contributed by atoms with Gasteiger partial charge in [-0.15, -0.1) is 0 Å². The molecule has 2 aliphatic carbocycles. The summed E-state index contributed by atoms with van der Waals surface area (Å²) in [6.07, 6.45) is 4.56. The van der Waals surface area contributed by atoms with Crippen molar-refractivity contribution in [3.05, 3.63) is 22.7 Å². The molecule has 0 unspecified atom stereocenters. The first-order valence-corrected chi connectivity index (χ1v) is 7.23. The van der Waals surface area contributed by atoms with Crippen LogP contribution in [0.15, 0.2) is 12.1 Å². The Kier molecular flexibility index (Phi) is 3.28. The molecule has 2 saturated carbocycles. The predicted octanol–water partition coefficient (Wildman–Crippen LogP) is 3.40. The third-order valence-electron chi connectivity index (χ3n) is 4.25. The van der Waals surface area contributed by atoms with Gasteiger partial charge >= 0.3 is 5.97 Å². The van der Waals surface area contributed by atoms with Crippen molar-refractivity contribution in [1.82, 2.24) is 0 Å². The van der Waals surface area contributed by atoms with Gasteiger partial charge < -0.3 is 14.6 Å². The predicted molar refractivity (Wildman–Crippen MR) is 74.8 cm³/mol. The van der Waals surface area contributed by atoms with Crippen molar-refractivity contribution in [3.63, 3.8) is 0 Å². The van der Waals surface area contributed by atoms with Crippen LogP contribution >= 0.6 is 11.6 Å². The zero-order valence-electron chi connectivity index (χ0n) is 11.3. The van der Waals surface area contributed by atoms with E-state index >= 15 is 0 Å². The maximum atomic E-state index is 11.6. The number of carboxylic acids is 1. The third kappa shape index (κ3) is 2.12. The van der Waals surface area contributed by atoms with Gasteiger partial charge in [-0.25, -0.2) is 0 Å². The number of carboxylic acid groups (broad SMARTS) is 1. The lowest BCUT2D eigenvalue weighted by atomic mass is 9.93. The normalized spacial score (nSPS) is 20.1. The molecule has 20 heavy (non-hydrogen) atoms. The summed E-state index contributed by atoms with van der Waals surface area (Å²) in [6.45, 7) is 0. The Morgan fingerprint density at radius 2 is 2.10 bits per heavy atom. The van der Waals surface area contributed by atoms with Gasteiger partial charge in [0.05, 0.1) is 18.6 Å². The fourth-order valence-electron chi connectivity index (χ4n) is 2.58. The van der Waals surface area contributed by atoms with Crippen molar-refractivity contribution in [2.24, 2.45) is 0 Å². The molecule has 2 fully saturated rings. The van der Waals surface area contributed by atoms with Crippen LogP contribution in [0, 0.1) is 0 Å². The maximum absolute atomic E-state index is 11.6. The van der Waals surface area contributed by atoms with Crippen LogP contribution in [0.3, 0.4) is 0 Å². The monoisotopic (exact) mass is 296 g/mol. The fraction of sp³-hybridized carbons (Fsp3) is 0.533. The number of halogens is 1. The second-order valence-corrected chi connectivity index (χ2v) is 5.98. The van der Waals surface area contributed by atoms with Crippen LogP contribution in [-0.2, 0) is 10.2 Å². The molecule has 0 aromatic heterocycles. The molecule has 5 heteroatoms. The Morgan fingerprint density at radius 1 is 1.40 bits per heavy atom. The summed E-state index contributed by atoms with van der Waals surface area (Å²) >= 11 is 6.10. The molecule has 0 spiro atoms. The molecular weight excluding hydrogens is 280 g/mol. The van der Waals surface area contributed by atoms with Crippen LogP contribution in [0.2, 0.25) is 5.02 Å². The zero-order chi connectivity index (χ0) is 14.3. The number of methoxy groups -OCH3 is 1. The van der Waals surface area contributed by atoms with Gasteiger partial charge in [0.25, 0.3) is 0 Å². The van der Waals surface area contributed by atoms with E-state index in [4.69, 9.17) is 21.1 Å². The van der Waals surface area contributed by atoms with Gasteiger partial charge in [0.1, 0.15) is 0 Å². The summed E-state index contributed by atoms with van der Waals surface area (Å²) in [4.78, 5) is 11.6. The maximum Gasteiger partial charge on any atom is 0.314 e. The highest BCUT2D eigenvalue weighted by atomic mass is 35.5. The van der Waals surface area contributed by atoms with Crippen LogP contribution in [0.4, 0.5) is 0 Å². The minimum Gasteiger partial charge on any atom is -0.493 e. The third-order valence-corrected chi connectivity index (χ3v) is 4.47. The first-order valence-electron chi connectivity index (χ1n) is 6.85. The summed E-state index contributed by atoms with van der Waals surface area (Å²) in [7, 11) is 1.55. The Labute approximate surface area is 122 Å². The SMILES string of the molecule is COc1cc(Cl)cc(C2(C(=O)O)CC2)c1OC1CCC1. The second kappa shape index (κ2) is 4.85. The van der Waals surface area contributed by atoms with Crippen molar-refractivity contribution in [3.8, 4) is 11.5 Å². The molecule has 0 saturated heterocycles. The van der Waals surface area contributed by atoms with E-state index in [-0.39, 0.29) is 6.10 Å². The van der Waals surface area contributed by atoms with Crippen molar-refractivity contribution < 1.29 is 19.4 Å². The van der Waals surface area contributed by atoms with E-state index in [1.165, 1.54) is 0 Å². The molecule has 1 aromatic rings. The van der Waals surface area contributed by atoms with Crippen molar-refractivity contribution >= 4 is 17.6 Å². The first-order chi connectivity index (χ1) is 9.56. The number of carbonyl (C=O) groups is 1. The lowest BCUT2D eigenvalue weighted by molar-refractivity contribution is -0.140. The standard InChI is InChI=1S/C15H17ClO4/c1-19-12-8-9(16)7-11(15(5-6-15)14(17)18)13(12)20-10-3-2-4-10/h7-8,10H,2-6H2,1H3,(H,17,18). The van der Waals surface area contributed by atoms with Crippen molar-refractivity contribution in [2.45, 2.75) is 43.6 Å². The molecule has 0 atom stereocenters. The lowest BCUT2D eigenvalue weighted by Gasteiger charge is -2.29. The lowest BCUT2D eigenvalue weighted by Crippen LogP contribution is -2.27. The molecule has 0 heterocycles. The first kappa shape index (κ1) is 13.6. The van der Waals surface area contributed by atoms with Gasteiger partial charge in [0.2, 0.25) is 0 Å². The summed E-state index contributed by atoms with van der Waals surface area (Å²) in [6, 6.07) is 3.39. The smallest absolute Gasteiger partial charge is 0.314 e. The highest BCUT2D eigenvalue weighted by Crippen LogP contribution is 2.54. The minimum atomic E-state index is -0.850. The molecule has 108 valence electrons. The number of hydrogen-bond acceptors (Lipinski definition) is 3. The molecule has 0 aliphatic heterocycles. The molecule has 0 radical (unpaired) electrons. The quantitative estimate of drug-likeness (QED) is 0.905. The van der Waals surface area contributed by atoms with Gasteiger partial charge in [0, 0.05) is 16.7 Å². The molecule has 1 N–H and O–H groups in total. The summed E-state index contributed by atoms with van der Waals surface area (Å²) in [5.74, 6) is 0.258. The second-order valence-electron chi connectivity index (χ2n) is 5.54. The Hall–Kier alpha value is -1.42. The van der Waals surface area contributed by atoms with Crippen LogP contribution in [0.25, 0.3) is 0 Å². The Morgan fingerprint density at radius 3 is 2.55 bits per heavy atom. The van der Waals surface area contributed by atoms with E-state index in [9.17, 15) is 9.90 Å². The highest BCUT2D eigenvalue weighted by molar-refractivity contribution is 6.31. The number of aliphatic carboxylic acids is 1. The highest BCUT2D eigenvalue weighted by Gasteiger charge is 2.54. The molecule has 0 amide bonds. The van der Waals surface area contributed by atoms with E-state index in [1.807, 2.05) is 0 Å². The molecule has 1 aromatic carbocycles. The summed E-state index contributed by atoms with van der Waals surface area (Å²) < 4.78 is 11.3. The molecule has 0 bridgehead atoms. The Bertz CT molecular complexity index is 547. The van der Waals surface area contributed by atoms with Gasteiger partial charge in [0.15, 0.2) is 11.5 Å². The largest absolute Gasteiger partial charge is 0.493 e. The topological polar surface area (TPSA) is 55.8 Å². The summed E-state index contributed by atoms with van der Waals surface area (Å²) in [5, 5.41) is 9.98. The summed E-state index contributed by atoms with van der Waals surface area (Å²) in [5.41, 5.74) is -0.196. The number of rotatable bonds is 5. The van der Waals surface area contributed by atoms with Gasteiger partial charge in [-0.1, -0.05) is 11.6 Å². The number of benzene rings is 1. The van der Waals surface area contributed by atoms with Crippen molar-refractivity contribution in [1.29, 1.82) is 0 Å². The average molecular weight is 297 g/mol. The minimum absolute atomic E-state index is 0.161. The van der Waals surface area contributed by atoms with Crippen LogP contribution in [0.5, 0.6) is 11.5 Å². The number of hydrogen-bond donors (Lipinski definition) is 1. The zero-order valence-corrected chi connectivity index (χ0v) is 12.1. The number of ether oxygens (including phenoxy) is 2. The van der Waals surface area contributed by atoms with Gasteiger partial charge in [-0.3, -0.25) is 4.79 Å². The van der Waals surface area contributed by atoms with Crippen LogP contribution in [0.1, 0.15) is 37.7 Å². The van der Waals surface area contributed by atoms with Crippen LogP contribution < -0.4 is 9.47 Å². The van der Waals surface area contributed by atoms with Crippen molar-refractivity contribution in [2.75, 3.05) is 7.11 Å². The van der Waals surface area contributed by atoms with Crippen LogP contribution in [-0.4, -0.2) is 24.3 Å². The molecule has 3 rings (SSSR count). The Balaban J connectivity index is 2.06. The molecule has 2 aliphatic rings. The average Bonchev–Trinajstić information content (AvgIpc) is 3.15. The van der Waals surface area contributed by atoms with E-state index in [0.29, 0.717) is 34.9 Å². The van der Waals surface area contributed by atoms with E-state index < -0.39 is 11.4 Å². The molecule has 4 nitrogen and oxygen atoms in total. The fourth-order valence-corrected chi connectivity index (χ4v) is 2.78.